The number of rotatable bonds is 5. The molecule has 0 spiro atoms. The summed E-state index contributed by atoms with van der Waals surface area (Å²) in [5.41, 5.74) is -3.49. The highest BCUT2D eigenvalue weighted by Gasteiger charge is 2.46. The van der Waals surface area contributed by atoms with E-state index in [4.69, 9.17) is 0 Å². The molecule has 0 saturated carbocycles. The Kier molecular flexibility index (Phi) is 6.21. The molecule has 2 aromatic carbocycles. The van der Waals surface area contributed by atoms with E-state index in [-0.39, 0.29) is 11.3 Å². The van der Waals surface area contributed by atoms with Crippen LogP contribution in [0.2, 0.25) is 0 Å². The SMILES string of the molecule is C/C(=N\N(C)c1ccc(Br)cc1)c1cc(C)ccc1NS(=O)(=O)C(F)(F)F. The fourth-order valence-electron chi connectivity index (χ4n) is 2.24. The normalized spacial score (nSPS) is 12.8. The minimum absolute atomic E-state index is 0.191. The summed E-state index contributed by atoms with van der Waals surface area (Å²) >= 11 is 3.33. The molecule has 0 aliphatic rings. The molecule has 2 aromatic rings. The van der Waals surface area contributed by atoms with E-state index in [2.05, 4.69) is 21.0 Å². The molecule has 0 atom stereocenters. The number of anilines is 2. The van der Waals surface area contributed by atoms with Crippen LogP contribution >= 0.6 is 15.9 Å². The molecule has 10 heteroatoms. The lowest BCUT2D eigenvalue weighted by Gasteiger charge is -2.18. The zero-order valence-corrected chi connectivity index (χ0v) is 17.1. The molecule has 1 N–H and O–H groups in total. The number of hydrogen-bond acceptors (Lipinski definition) is 4. The maximum absolute atomic E-state index is 12.7. The molecule has 0 radical (unpaired) electrons. The molecule has 0 aliphatic carbocycles. The zero-order valence-electron chi connectivity index (χ0n) is 14.7. The molecule has 0 saturated heterocycles. The number of hydrogen-bond donors (Lipinski definition) is 1. The first-order valence-electron chi connectivity index (χ1n) is 7.65. The van der Waals surface area contributed by atoms with E-state index in [1.807, 2.05) is 24.3 Å². The van der Waals surface area contributed by atoms with E-state index in [9.17, 15) is 21.6 Å². The van der Waals surface area contributed by atoms with Gasteiger partial charge in [-0.25, -0.2) is 0 Å². The van der Waals surface area contributed by atoms with E-state index >= 15 is 0 Å². The highest BCUT2D eigenvalue weighted by Crippen LogP contribution is 2.28. The monoisotopic (exact) mass is 463 g/mol. The predicted octanol–water partition coefficient (Wildman–Crippen LogP) is 4.88. The fraction of sp³-hybridized carbons (Fsp3) is 0.235. The van der Waals surface area contributed by atoms with Crippen molar-refractivity contribution in [2.75, 3.05) is 16.8 Å². The molecule has 0 heterocycles. The van der Waals surface area contributed by atoms with Crippen LogP contribution in [0, 0.1) is 6.92 Å². The van der Waals surface area contributed by atoms with Crippen LogP contribution in [0.4, 0.5) is 24.5 Å². The molecule has 2 rings (SSSR count). The molecule has 0 unspecified atom stereocenters. The number of hydrazone groups is 1. The van der Waals surface area contributed by atoms with E-state index in [1.165, 1.54) is 12.1 Å². The summed E-state index contributed by atoms with van der Waals surface area (Å²) in [7, 11) is -3.85. The average Bonchev–Trinajstić information content (AvgIpc) is 2.55. The van der Waals surface area contributed by atoms with Gasteiger partial charge in [0.15, 0.2) is 0 Å². The highest BCUT2D eigenvalue weighted by molar-refractivity contribution is 9.10. The third kappa shape index (κ3) is 5.23. The van der Waals surface area contributed by atoms with Crippen LogP contribution in [0.15, 0.2) is 52.0 Å². The van der Waals surface area contributed by atoms with Crippen LogP contribution in [0.1, 0.15) is 18.1 Å². The van der Waals surface area contributed by atoms with Crippen LogP contribution in [0.25, 0.3) is 0 Å². The number of aryl methyl sites for hydroxylation is 1. The van der Waals surface area contributed by atoms with Crippen molar-refractivity contribution >= 4 is 43.0 Å². The molecule has 146 valence electrons. The first-order valence-corrected chi connectivity index (χ1v) is 9.93. The van der Waals surface area contributed by atoms with Crippen LogP contribution in [-0.4, -0.2) is 26.7 Å². The van der Waals surface area contributed by atoms with Gasteiger partial charge in [-0.15, -0.1) is 0 Å². The summed E-state index contributed by atoms with van der Waals surface area (Å²) in [5, 5.41) is 5.91. The Balaban J connectivity index is 2.42. The molecule has 0 bridgehead atoms. The summed E-state index contributed by atoms with van der Waals surface area (Å²) in [6, 6.07) is 11.6. The van der Waals surface area contributed by atoms with Crippen molar-refractivity contribution in [1.82, 2.24) is 0 Å². The Hall–Kier alpha value is -2.07. The lowest BCUT2D eigenvalue weighted by Crippen LogP contribution is -2.30. The maximum atomic E-state index is 12.7. The van der Waals surface area contributed by atoms with Crippen LogP contribution in [0.5, 0.6) is 0 Å². The zero-order chi connectivity index (χ0) is 20.4. The summed E-state index contributed by atoms with van der Waals surface area (Å²) in [5.74, 6) is 0. The molecule has 0 amide bonds. The van der Waals surface area contributed by atoms with Gasteiger partial charge in [0.05, 0.1) is 17.1 Å². The van der Waals surface area contributed by atoms with Crippen LogP contribution in [-0.2, 0) is 10.0 Å². The Morgan fingerprint density at radius 3 is 2.30 bits per heavy atom. The first kappa shape index (κ1) is 21.2. The Bertz CT molecular complexity index is 958. The van der Waals surface area contributed by atoms with Crippen molar-refractivity contribution < 1.29 is 21.6 Å². The quantitative estimate of drug-likeness (QED) is 0.507. The van der Waals surface area contributed by atoms with Gasteiger partial charge in [-0.05, 0) is 50.2 Å². The predicted molar refractivity (Wildman–Crippen MR) is 105 cm³/mol. The Morgan fingerprint density at radius 2 is 1.74 bits per heavy atom. The van der Waals surface area contributed by atoms with Gasteiger partial charge >= 0.3 is 15.5 Å². The van der Waals surface area contributed by atoms with E-state index in [0.29, 0.717) is 5.71 Å². The maximum Gasteiger partial charge on any atom is 0.516 e. The molecule has 27 heavy (non-hydrogen) atoms. The third-order valence-corrected chi connectivity index (χ3v) is 5.24. The van der Waals surface area contributed by atoms with Crippen molar-refractivity contribution in [3.63, 3.8) is 0 Å². The summed E-state index contributed by atoms with van der Waals surface area (Å²) in [6.45, 7) is 3.34. The smallest absolute Gasteiger partial charge is 0.275 e. The molecule has 5 nitrogen and oxygen atoms in total. The van der Waals surface area contributed by atoms with Gasteiger partial charge in [0.1, 0.15) is 0 Å². The number of halogens is 4. The number of alkyl halides is 3. The number of nitrogens with one attached hydrogen (secondary N) is 1. The molecular weight excluding hydrogens is 447 g/mol. The van der Waals surface area contributed by atoms with Crippen molar-refractivity contribution in [3.8, 4) is 0 Å². The van der Waals surface area contributed by atoms with E-state index < -0.39 is 15.5 Å². The number of nitrogens with zero attached hydrogens (tertiary/aromatic N) is 2. The van der Waals surface area contributed by atoms with Gasteiger partial charge in [-0.1, -0.05) is 27.6 Å². The van der Waals surface area contributed by atoms with Crippen molar-refractivity contribution in [1.29, 1.82) is 0 Å². The number of benzene rings is 2. The molecule has 0 fully saturated rings. The van der Waals surface area contributed by atoms with Crippen LogP contribution < -0.4 is 9.73 Å². The standard InChI is InChI=1S/C17H17BrF3N3O2S/c1-11-4-9-16(23-27(25,26)17(19,20)21)15(10-11)12(2)22-24(3)14-7-5-13(18)6-8-14/h4-10,23H,1-3H3/b22-12+. The summed E-state index contributed by atoms with van der Waals surface area (Å²) in [6.07, 6.45) is 0. The second kappa shape index (κ2) is 7.89. The van der Waals surface area contributed by atoms with Crippen molar-refractivity contribution in [2.45, 2.75) is 19.4 Å². The van der Waals surface area contributed by atoms with Crippen molar-refractivity contribution in [2.24, 2.45) is 5.10 Å². The van der Waals surface area contributed by atoms with Gasteiger partial charge in [-0.3, -0.25) is 9.73 Å². The topological polar surface area (TPSA) is 61.8 Å². The average molecular weight is 464 g/mol. The minimum Gasteiger partial charge on any atom is -0.275 e. The Labute approximate surface area is 164 Å². The van der Waals surface area contributed by atoms with Gasteiger partial charge < -0.3 is 0 Å². The van der Waals surface area contributed by atoms with Gasteiger partial charge in [-0.2, -0.15) is 26.7 Å². The van der Waals surface area contributed by atoms with Gasteiger partial charge in [0.25, 0.3) is 0 Å². The fourth-order valence-corrected chi connectivity index (χ4v) is 3.09. The molecule has 0 aromatic heterocycles. The van der Waals surface area contributed by atoms with E-state index in [0.717, 1.165) is 15.7 Å². The minimum atomic E-state index is -5.53. The second-order valence-electron chi connectivity index (χ2n) is 5.79. The summed E-state index contributed by atoms with van der Waals surface area (Å²) in [4.78, 5) is 0. The van der Waals surface area contributed by atoms with Crippen LogP contribution in [0.3, 0.4) is 0 Å². The molecule has 0 aliphatic heterocycles. The lowest BCUT2D eigenvalue weighted by atomic mass is 10.1. The molecular formula is C17H17BrF3N3O2S. The first-order chi connectivity index (χ1) is 12.4. The van der Waals surface area contributed by atoms with Crippen molar-refractivity contribution in [3.05, 3.63) is 58.1 Å². The number of sulfonamides is 1. The largest absolute Gasteiger partial charge is 0.516 e. The van der Waals surface area contributed by atoms with Gasteiger partial charge in [0.2, 0.25) is 0 Å². The second-order valence-corrected chi connectivity index (χ2v) is 8.38. The van der Waals surface area contributed by atoms with Gasteiger partial charge in [0, 0.05) is 17.1 Å². The Morgan fingerprint density at radius 1 is 1.15 bits per heavy atom. The summed E-state index contributed by atoms with van der Waals surface area (Å²) < 4.78 is 63.5. The lowest BCUT2D eigenvalue weighted by molar-refractivity contribution is -0.0429. The third-order valence-electron chi connectivity index (χ3n) is 3.61. The highest BCUT2D eigenvalue weighted by atomic mass is 79.9. The van der Waals surface area contributed by atoms with E-state index in [1.54, 1.807) is 36.7 Å².